The summed E-state index contributed by atoms with van der Waals surface area (Å²) in [5, 5.41) is 13.8. The molecule has 1 aromatic carbocycles. The number of rotatable bonds is 6. The molecule has 1 aliphatic carbocycles. The third kappa shape index (κ3) is 5.88. The number of fused-ring (bicyclic) bond motifs is 2. The molecule has 0 saturated heterocycles. The van der Waals surface area contributed by atoms with Gasteiger partial charge in [-0.2, -0.15) is 9.35 Å². The van der Waals surface area contributed by atoms with Crippen molar-refractivity contribution < 1.29 is 13.9 Å². The minimum atomic E-state index is -2.32. The number of aryl methyl sites for hydroxylation is 1. The van der Waals surface area contributed by atoms with Gasteiger partial charge in [-0.1, -0.05) is 19.1 Å². The van der Waals surface area contributed by atoms with Crippen molar-refractivity contribution in [3.8, 4) is 0 Å². The van der Waals surface area contributed by atoms with Crippen LogP contribution < -0.4 is 15.1 Å². The molecule has 3 aliphatic heterocycles. The average molecular weight is 578 g/mol. The molecule has 2 N–H and O–H groups in total. The number of aliphatic imine (C=N–C) groups is 1. The molecular formula is C30H41N8O2S+. The Bertz CT molecular complexity index is 1580. The van der Waals surface area contributed by atoms with Crippen LogP contribution in [0, 0.1) is 18.8 Å². The van der Waals surface area contributed by atoms with E-state index >= 15 is 0 Å². The summed E-state index contributed by atoms with van der Waals surface area (Å²) >= 11 is 0. The van der Waals surface area contributed by atoms with Crippen molar-refractivity contribution in [2.45, 2.75) is 38.6 Å². The Morgan fingerprint density at radius 3 is 2.85 bits per heavy atom. The van der Waals surface area contributed by atoms with E-state index < -0.39 is 15.1 Å². The van der Waals surface area contributed by atoms with Crippen molar-refractivity contribution in [2.24, 2.45) is 21.2 Å². The highest BCUT2D eigenvalue weighted by Gasteiger charge is 2.44. The van der Waals surface area contributed by atoms with Gasteiger partial charge in [-0.3, -0.25) is 0 Å². The maximum atomic E-state index is 12.5. The molecule has 0 bridgehead atoms. The standard InChI is InChI=1S/C30H41N8O2S/c1-20-12-21(6-7-25(20)37-10-8-36(3)9-11-37)16-31-29-32-17-24-28(34-29)38(18-30(24,2)19-39)27-15-23-13-22(23)14-26(33-27)35-41(4,5)40/h6-8,12,15,17,22-23,39H,9-11,13-14,16,18-19H2,1-5H3,(H,31,32,34)/q+1/t22?,23?,30-/m0/s1. The predicted molar refractivity (Wildman–Crippen MR) is 166 cm³/mol. The zero-order valence-electron chi connectivity index (χ0n) is 24.7. The van der Waals surface area contributed by atoms with Crippen LogP contribution in [-0.2, 0) is 21.7 Å². The Morgan fingerprint density at radius 2 is 2.15 bits per heavy atom. The Hall–Kier alpha value is -3.31. The Labute approximate surface area is 243 Å². The first-order valence-electron chi connectivity index (χ1n) is 14.4. The average Bonchev–Trinajstić information content (AvgIpc) is 3.61. The molecule has 2 unspecified atom stereocenters. The first-order valence-corrected chi connectivity index (χ1v) is 16.7. The van der Waals surface area contributed by atoms with E-state index in [4.69, 9.17) is 9.98 Å². The Morgan fingerprint density at radius 1 is 1.32 bits per heavy atom. The molecule has 218 valence electrons. The van der Waals surface area contributed by atoms with E-state index in [-0.39, 0.29) is 6.61 Å². The molecule has 6 rings (SSSR count). The number of hydrogen-bond donors (Lipinski definition) is 2. The molecule has 41 heavy (non-hydrogen) atoms. The monoisotopic (exact) mass is 577 g/mol. The van der Waals surface area contributed by atoms with Crippen molar-refractivity contribution in [2.75, 3.05) is 67.5 Å². The van der Waals surface area contributed by atoms with E-state index in [2.05, 4.69) is 73.5 Å². The number of hydrogen-bond acceptors (Lipinski definition) is 9. The fourth-order valence-electron chi connectivity index (χ4n) is 6.02. The van der Waals surface area contributed by atoms with E-state index in [9.17, 15) is 9.32 Å². The van der Waals surface area contributed by atoms with Crippen LogP contribution in [-0.4, -0.2) is 88.3 Å². The number of allylic oxidation sites excluding steroid dienone is 1. The number of aromatic nitrogens is 2. The summed E-state index contributed by atoms with van der Waals surface area (Å²) in [4.78, 5) is 18.9. The zero-order valence-corrected chi connectivity index (χ0v) is 25.5. The van der Waals surface area contributed by atoms with Gasteiger partial charge < -0.3 is 20.2 Å². The van der Waals surface area contributed by atoms with Gasteiger partial charge in [0.2, 0.25) is 5.95 Å². The lowest BCUT2D eigenvalue weighted by molar-refractivity contribution is -0.493. The van der Waals surface area contributed by atoms with Gasteiger partial charge in [-0.05, 0) is 48.4 Å². The summed E-state index contributed by atoms with van der Waals surface area (Å²) in [7, 11) is -0.197. The smallest absolute Gasteiger partial charge is 0.224 e. The quantitative estimate of drug-likeness (QED) is 0.508. The molecule has 3 atom stereocenters. The number of aliphatic hydroxyl groups excluding tert-OH is 1. The van der Waals surface area contributed by atoms with Crippen molar-refractivity contribution in [1.82, 2.24) is 9.97 Å². The van der Waals surface area contributed by atoms with E-state index in [0.29, 0.717) is 36.7 Å². The molecule has 4 aliphatic rings. The SMILES string of the molecule is Cc1cc(CNc2ncc3c(n2)N(C2=CC4CC4CC(N=S(C)(C)=O)=N2)C[C@@]3(C)CO)ccc1N1CC=[N+](C)CC1. The van der Waals surface area contributed by atoms with Crippen LogP contribution in [0.1, 0.15) is 36.5 Å². The van der Waals surface area contributed by atoms with E-state index in [1.165, 1.54) is 11.3 Å². The number of benzene rings is 1. The van der Waals surface area contributed by atoms with Crippen molar-refractivity contribution in [1.29, 1.82) is 0 Å². The summed E-state index contributed by atoms with van der Waals surface area (Å²) in [6.07, 6.45) is 11.4. The second-order valence-corrected chi connectivity index (χ2v) is 15.1. The third-order valence-electron chi connectivity index (χ3n) is 8.55. The number of amidine groups is 1. The molecule has 11 heteroatoms. The highest BCUT2D eigenvalue weighted by molar-refractivity contribution is 7.92. The summed E-state index contributed by atoms with van der Waals surface area (Å²) < 4.78 is 19.2. The van der Waals surface area contributed by atoms with Crippen LogP contribution in [0.4, 0.5) is 17.5 Å². The lowest BCUT2D eigenvalue weighted by Crippen LogP contribution is -2.38. The van der Waals surface area contributed by atoms with Gasteiger partial charge in [0, 0.05) is 64.6 Å². The number of aliphatic hydroxyl groups is 1. The fourth-order valence-corrected chi connectivity index (χ4v) is 6.64. The predicted octanol–water partition coefficient (Wildman–Crippen LogP) is 3.01. The minimum absolute atomic E-state index is 0.0264. The van der Waals surface area contributed by atoms with Crippen LogP contribution in [0.5, 0.6) is 0 Å². The summed E-state index contributed by atoms with van der Waals surface area (Å²) in [5.74, 6) is 3.62. The molecule has 1 aromatic heterocycles. The van der Waals surface area contributed by atoms with Crippen LogP contribution in [0.3, 0.4) is 0 Å². The van der Waals surface area contributed by atoms with Crippen molar-refractivity contribution in [3.05, 3.63) is 53.0 Å². The second kappa shape index (κ2) is 10.5. The number of likely N-dealkylation sites (N-methyl/N-ethyl adjacent to an activating group) is 1. The van der Waals surface area contributed by atoms with Gasteiger partial charge in [-0.25, -0.2) is 18.8 Å². The van der Waals surface area contributed by atoms with E-state index in [1.807, 2.05) is 13.1 Å². The maximum Gasteiger partial charge on any atom is 0.224 e. The first-order chi connectivity index (χ1) is 19.5. The molecule has 1 saturated carbocycles. The topological polar surface area (TPSA) is 109 Å². The van der Waals surface area contributed by atoms with Crippen molar-refractivity contribution >= 4 is 39.2 Å². The molecular weight excluding hydrogens is 536 g/mol. The molecule has 0 spiro atoms. The highest BCUT2D eigenvalue weighted by atomic mass is 32.2. The summed E-state index contributed by atoms with van der Waals surface area (Å²) in [6.45, 7) is 8.28. The van der Waals surface area contributed by atoms with Gasteiger partial charge in [-0.15, -0.1) is 0 Å². The number of nitrogens with one attached hydrogen (secondary N) is 1. The van der Waals surface area contributed by atoms with Gasteiger partial charge in [0.15, 0.2) is 12.8 Å². The van der Waals surface area contributed by atoms with Gasteiger partial charge in [0.1, 0.15) is 24.5 Å². The maximum absolute atomic E-state index is 12.5. The zero-order chi connectivity index (χ0) is 28.9. The lowest BCUT2D eigenvalue weighted by Gasteiger charge is -2.26. The normalized spacial score (nSPS) is 25.5. The first kappa shape index (κ1) is 27.8. The van der Waals surface area contributed by atoms with Crippen LogP contribution in [0.15, 0.2) is 45.6 Å². The van der Waals surface area contributed by atoms with Gasteiger partial charge >= 0.3 is 0 Å². The van der Waals surface area contributed by atoms with Gasteiger partial charge in [0.05, 0.1) is 19.7 Å². The van der Waals surface area contributed by atoms with E-state index in [1.54, 1.807) is 12.5 Å². The minimum Gasteiger partial charge on any atom is -0.395 e. The molecule has 0 amide bonds. The van der Waals surface area contributed by atoms with Crippen LogP contribution in [0.2, 0.25) is 0 Å². The number of nitrogens with zero attached hydrogens (tertiary/aromatic N) is 7. The lowest BCUT2D eigenvalue weighted by atomic mass is 9.87. The third-order valence-corrected chi connectivity index (χ3v) is 9.20. The Kier molecular flexibility index (Phi) is 7.14. The molecule has 10 nitrogen and oxygen atoms in total. The number of anilines is 3. The van der Waals surface area contributed by atoms with Crippen molar-refractivity contribution in [3.63, 3.8) is 0 Å². The molecule has 4 heterocycles. The van der Waals surface area contributed by atoms with Crippen LogP contribution in [0.25, 0.3) is 0 Å². The summed E-state index contributed by atoms with van der Waals surface area (Å²) in [6, 6.07) is 6.60. The molecule has 2 aromatic rings. The highest BCUT2D eigenvalue weighted by Crippen LogP contribution is 2.48. The fraction of sp³-hybridized carbons (Fsp3) is 0.533. The molecule has 1 fully saturated rings. The molecule has 0 radical (unpaired) electrons. The van der Waals surface area contributed by atoms with Gasteiger partial charge in [0.25, 0.3) is 0 Å². The summed E-state index contributed by atoms with van der Waals surface area (Å²) in [5.41, 5.74) is 4.07. The Balaban J connectivity index is 1.25. The van der Waals surface area contributed by atoms with Crippen LogP contribution >= 0.6 is 0 Å². The largest absolute Gasteiger partial charge is 0.395 e. The van der Waals surface area contributed by atoms with E-state index in [0.717, 1.165) is 55.2 Å². The second-order valence-electron chi connectivity index (χ2n) is 12.5.